The van der Waals surface area contributed by atoms with Crippen LogP contribution >= 0.6 is 0 Å². The molecule has 0 bridgehead atoms. The first kappa shape index (κ1) is 15.6. The summed E-state index contributed by atoms with van der Waals surface area (Å²) in [5.74, 6) is 0.953. The molecule has 0 radical (unpaired) electrons. The van der Waals surface area contributed by atoms with Gasteiger partial charge in [0.15, 0.2) is 0 Å². The molecule has 0 aromatic heterocycles. The second-order valence-corrected chi connectivity index (χ2v) is 5.45. The lowest BCUT2D eigenvalue weighted by atomic mass is 9.98. The molecule has 0 heterocycles. The number of para-hydroxylation sites is 1. The molecule has 2 aromatic rings. The standard InChI is InChI=1S/C19H25NO/c1-5-18(17-12-8-9-13-19(17)21-4)20-15(3)16-11-7-6-10-14(16)2/h6-13,15,18,20H,5H2,1-4H3. The molecule has 2 unspecified atom stereocenters. The third-order valence-electron chi connectivity index (χ3n) is 4.03. The quantitative estimate of drug-likeness (QED) is 0.821. The maximum atomic E-state index is 5.50. The number of benzene rings is 2. The second kappa shape index (κ2) is 7.28. The first-order valence-corrected chi connectivity index (χ1v) is 7.61. The van der Waals surface area contributed by atoms with Gasteiger partial charge in [0.1, 0.15) is 5.75 Å². The summed E-state index contributed by atoms with van der Waals surface area (Å²) in [5, 5.41) is 3.73. The van der Waals surface area contributed by atoms with E-state index in [0.29, 0.717) is 6.04 Å². The molecule has 112 valence electrons. The highest BCUT2D eigenvalue weighted by Gasteiger charge is 2.17. The average Bonchev–Trinajstić information content (AvgIpc) is 2.52. The molecule has 0 aliphatic carbocycles. The van der Waals surface area contributed by atoms with Crippen LogP contribution in [0.2, 0.25) is 0 Å². The van der Waals surface area contributed by atoms with Gasteiger partial charge in [-0.15, -0.1) is 0 Å². The van der Waals surface area contributed by atoms with E-state index in [2.05, 4.69) is 62.5 Å². The van der Waals surface area contributed by atoms with E-state index in [1.54, 1.807) is 7.11 Å². The molecular formula is C19H25NO. The van der Waals surface area contributed by atoms with Gasteiger partial charge in [-0.2, -0.15) is 0 Å². The van der Waals surface area contributed by atoms with Crippen molar-refractivity contribution in [2.24, 2.45) is 0 Å². The van der Waals surface area contributed by atoms with E-state index in [4.69, 9.17) is 4.74 Å². The molecule has 2 heteroatoms. The molecule has 2 atom stereocenters. The molecule has 0 aliphatic heterocycles. The van der Waals surface area contributed by atoms with E-state index in [9.17, 15) is 0 Å². The van der Waals surface area contributed by atoms with Crippen molar-refractivity contribution in [3.8, 4) is 5.75 Å². The Labute approximate surface area is 128 Å². The molecule has 1 N–H and O–H groups in total. The fourth-order valence-electron chi connectivity index (χ4n) is 2.85. The summed E-state index contributed by atoms with van der Waals surface area (Å²) >= 11 is 0. The van der Waals surface area contributed by atoms with Crippen molar-refractivity contribution in [2.75, 3.05) is 7.11 Å². The van der Waals surface area contributed by atoms with Crippen molar-refractivity contribution in [1.29, 1.82) is 0 Å². The SMILES string of the molecule is CCC(NC(C)c1ccccc1C)c1ccccc1OC. The Morgan fingerprint density at radius 3 is 2.24 bits per heavy atom. The van der Waals surface area contributed by atoms with Crippen molar-refractivity contribution in [1.82, 2.24) is 5.32 Å². The van der Waals surface area contributed by atoms with Gasteiger partial charge in [0.05, 0.1) is 7.11 Å². The molecule has 0 fully saturated rings. The zero-order chi connectivity index (χ0) is 15.2. The largest absolute Gasteiger partial charge is 0.496 e. The van der Waals surface area contributed by atoms with Gasteiger partial charge in [-0.05, 0) is 37.5 Å². The molecule has 0 amide bonds. The maximum absolute atomic E-state index is 5.50. The Morgan fingerprint density at radius 2 is 1.62 bits per heavy atom. The van der Waals surface area contributed by atoms with Crippen molar-refractivity contribution in [3.05, 3.63) is 65.2 Å². The van der Waals surface area contributed by atoms with Crippen LogP contribution in [0.1, 0.15) is 49.0 Å². The van der Waals surface area contributed by atoms with Crippen molar-refractivity contribution < 1.29 is 4.74 Å². The molecule has 2 rings (SSSR count). The normalized spacial score (nSPS) is 13.7. The predicted octanol–water partition coefficient (Wildman–Crippen LogP) is 4.81. The van der Waals surface area contributed by atoms with Crippen LogP contribution in [0.5, 0.6) is 5.75 Å². The molecule has 21 heavy (non-hydrogen) atoms. The average molecular weight is 283 g/mol. The predicted molar refractivity (Wildman–Crippen MR) is 88.8 cm³/mol. The Kier molecular flexibility index (Phi) is 5.40. The number of rotatable bonds is 6. The zero-order valence-electron chi connectivity index (χ0n) is 13.4. The second-order valence-electron chi connectivity index (χ2n) is 5.45. The highest BCUT2D eigenvalue weighted by Crippen LogP contribution is 2.29. The molecule has 0 saturated heterocycles. The van der Waals surface area contributed by atoms with E-state index >= 15 is 0 Å². The third-order valence-corrected chi connectivity index (χ3v) is 4.03. The molecule has 0 saturated carbocycles. The van der Waals surface area contributed by atoms with E-state index in [1.165, 1.54) is 16.7 Å². The topological polar surface area (TPSA) is 21.3 Å². The van der Waals surface area contributed by atoms with Crippen LogP contribution < -0.4 is 10.1 Å². The molecule has 0 aliphatic rings. The summed E-state index contributed by atoms with van der Waals surface area (Å²) in [7, 11) is 1.73. The molecule has 2 aromatic carbocycles. The summed E-state index contributed by atoms with van der Waals surface area (Å²) in [5.41, 5.74) is 3.90. The van der Waals surface area contributed by atoms with Gasteiger partial charge >= 0.3 is 0 Å². The molecular weight excluding hydrogens is 258 g/mol. The highest BCUT2D eigenvalue weighted by atomic mass is 16.5. The number of methoxy groups -OCH3 is 1. The Hall–Kier alpha value is -1.80. The van der Waals surface area contributed by atoms with E-state index in [1.807, 2.05) is 12.1 Å². The fourth-order valence-corrected chi connectivity index (χ4v) is 2.85. The molecule has 2 nitrogen and oxygen atoms in total. The van der Waals surface area contributed by atoms with Crippen LogP contribution in [-0.2, 0) is 0 Å². The van der Waals surface area contributed by atoms with Crippen molar-refractivity contribution in [3.63, 3.8) is 0 Å². The summed E-state index contributed by atoms with van der Waals surface area (Å²) < 4.78 is 5.50. The van der Waals surface area contributed by atoms with Crippen LogP contribution in [0.3, 0.4) is 0 Å². The van der Waals surface area contributed by atoms with Crippen molar-refractivity contribution in [2.45, 2.75) is 39.3 Å². The van der Waals surface area contributed by atoms with Gasteiger partial charge in [0, 0.05) is 17.6 Å². The first-order chi connectivity index (χ1) is 10.2. The van der Waals surface area contributed by atoms with Crippen LogP contribution in [-0.4, -0.2) is 7.11 Å². The van der Waals surface area contributed by atoms with Gasteiger partial charge in [0.25, 0.3) is 0 Å². The number of ether oxygens (including phenoxy) is 1. The third kappa shape index (κ3) is 3.64. The zero-order valence-corrected chi connectivity index (χ0v) is 13.4. The lowest BCUT2D eigenvalue weighted by molar-refractivity contribution is 0.388. The number of hydrogen-bond donors (Lipinski definition) is 1. The van der Waals surface area contributed by atoms with E-state index in [-0.39, 0.29) is 6.04 Å². The summed E-state index contributed by atoms with van der Waals surface area (Å²) in [4.78, 5) is 0. The molecule has 0 spiro atoms. The minimum Gasteiger partial charge on any atom is -0.496 e. The summed E-state index contributed by atoms with van der Waals surface area (Å²) in [6.45, 7) is 6.59. The van der Waals surface area contributed by atoms with Crippen molar-refractivity contribution >= 4 is 0 Å². The van der Waals surface area contributed by atoms with Gasteiger partial charge < -0.3 is 10.1 Å². The van der Waals surface area contributed by atoms with Gasteiger partial charge in [-0.1, -0.05) is 49.4 Å². The minimum atomic E-state index is 0.288. The minimum absolute atomic E-state index is 0.288. The summed E-state index contributed by atoms with van der Waals surface area (Å²) in [6, 6.07) is 17.4. The van der Waals surface area contributed by atoms with Crippen LogP contribution in [0.15, 0.2) is 48.5 Å². The monoisotopic (exact) mass is 283 g/mol. The Bertz CT molecular complexity index is 579. The first-order valence-electron chi connectivity index (χ1n) is 7.61. The van der Waals surface area contributed by atoms with Gasteiger partial charge in [0.2, 0.25) is 0 Å². The lowest BCUT2D eigenvalue weighted by Crippen LogP contribution is -2.25. The number of hydrogen-bond acceptors (Lipinski definition) is 2. The fraction of sp³-hybridized carbons (Fsp3) is 0.368. The lowest BCUT2D eigenvalue weighted by Gasteiger charge is -2.25. The van der Waals surface area contributed by atoms with Gasteiger partial charge in [-0.25, -0.2) is 0 Å². The smallest absolute Gasteiger partial charge is 0.123 e. The van der Waals surface area contributed by atoms with E-state index < -0.39 is 0 Å². The maximum Gasteiger partial charge on any atom is 0.123 e. The van der Waals surface area contributed by atoms with Gasteiger partial charge in [-0.3, -0.25) is 0 Å². The number of nitrogens with one attached hydrogen (secondary N) is 1. The van der Waals surface area contributed by atoms with E-state index in [0.717, 1.165) is 12.2 Å². The van der Waals surface area contributed by atoms with Crippen LogP contribution in [0.25, 0.3) is 0 Å². The van der Waals surface area contributed by atoms with Crippen LogP contribution in [0, 0.1) is 6.92 Å². The number of aryl methyl sites for hydroxylation is 1. The highest BCUT2D eigenvalue weighted by molar-refractivity contribution is 5.36. The Balaban J connectivity index is 2.21. The Morgan fingerprint density at radius 1 is 1.00 bits per heavy atom. The summed E-state index contributed by atoms with van der Waals surface area (Å²) in [6.07, 6.45) is 1.02. The van der Waals surface area contributed by atoms with Crippen LogP contribution in [0.4, 0.5) is 0 Å².